The molecule has 0 spiro atoms. The van der Waals surface area contributed by atoms with Gasteiger partial charge in [0.15, 0.2) is 5.82 Å². The minimum Gasteiger partial charge on any atom is -0.481 e. The van der Waals surface area contributed by atoms with Crippen molar-refractivity contribution in [2.75, 3.05) is 19.0 Å². The van der Waals surface area contributed by atoms with Gasteiger partial charge in [-0.2, -0.15) is 18.2 Å². The highest BCUT2D eigenvalue weighted by Crippen LogP contribution is 2.26. The number of benzene rings is 1. The quantitative estimate of drug-likeness (QED) is 0.484. The van der Waals surface area contributed by atoms with Gasteiger partial charge in [-0.3, -0.25) is 4.40 Å². The van der Waals surface area contributed by atoms with E-state index in [0.29, 0.717) is 23.0 Å². The van der Waals surface area contributed by atoms with Gasteiger partial charge in [-0.25, -0.2) is 14.8 Å². The van der Waals surface area contributed by atoms with Crippen molar-refractivity contribution in [3.05, 3.63) is 61.1 Å². The highest BCUT2D eigenvalue weighted by atomic mass is 19.4. The van der Waals surface area contributed by atoms with E-state index < -0.39 is 18.8 Å². The summed E-state index contributed by atoms with van der Waals surface area (Å²) in [5.74, 6) is 0.940. The second kappa shape index (κ2) is 8.53. The summed E-state index contributed by atoms with van der Waals surface area (Å²) in [5, 5.41) is 4.17. The number of methoxy groups -OCH3 is 1. The zero-order valence-corrected chi connectivity index (χ0v) is 16.7. The number of carbonyl (C=O) groups is 1. The van der Waals surface area contributed by atoms with Crippen LogP contribution in [0, 0.1) is 0 Å². The number of halogens is 3. The zero-order valence-electron chi connectivity index (χ0n) is 16.7. The molecular weight excluding hydrogens is 425 g/mol. The lowest BCUT2D eigenvalue weighted by atomic mass is 10.1. The molecule has 0 aliphatic rings. The molecule has 4 rings (SSSR count). The third kappa shape index (κ3) is 4.77. The molecule has 3 heterocycles. The van der Waals surface area contributed by atoms with Crippen molar-refractivity contribution < 1.29 is 22.7 Å². The summed E-state index contributed by atoms with van der Waals surface area (Å²) in [4.78, 5) is 24.7. The molecule has 0 aliphatic heterocycles. The third-order valence-electron chi connectivity index (χ3n) is 4.48. The maximum atomic E-state index is 12.3. The van der Waals surface area contributed by atoms with Gasteiger partial charge >= 0.3 is 12.2 Å². The van der Waals surface area contributed by atoms with Gasteiger partial charge in [-0.05, 0) is 24.3 Å². The van der Waals surface area contributed by atoms with Crippen LogP contribution in [0.5, 0.6) is 5.88 Å². The topological polar surface area (TPSA) is 93.4 Å². The lowest BCUT2D eigenvalue weighted by Gasteiger charge is -2.11. The monoisotopic (exact) mass is 442 g/mol. The molecule has 11 heteroatoms. The van der Waals surface area contributed by atoms with E-state index >= 15 is 0 Å². The summed E-state index contributed by atoms with van der Waals surface area (Å²) in [6.45, 7) is -1.41. The van der Waals surface area contributed by atoms with Gasteiger partial charge in [0.1, 0.15) is 12.2 Å². The van der Waals surface area contributed by atoms with Crippen LogP contribution >= 0.6 is 0 Å². The first-order valence-corrected chi connectivity index (χ1v) is 9.39. The molecule has 8 nitrogen and oxygen atoms in total. The van der Waals surface area contributed by atoms with Crippen LogP contribution in [-0.2, 0) is 0 Å². The number of imidazole rings is 1. The average Bonchev–Trinajstić information content (AvgIpc) is 3.21. The Morgan fingerprint density at radius 1 is 1.12 bits per heavy atom. The van der Waals surface area contributed by atoms with Crippen LogP contribution < -0.4 is 15.4 Å². The van der Waals surface area contributed by atoms with E-state index in [4.69, 9.17) is 4.74 Å². The Hall–Kier alpha value is -4.15. The molecule has 0 saturated heterocycles. The van der Waals surface area contributed by atoms with E-state index in [1.807, 2.05) is 22.7 Å². The Labute approximate surface area is 180 Å². The van der Waals surface area contributed by atoms with Crippen LogP contribution in [0.15, 0.2) is 61.1 Å². The van der Waals surface area contributed by atoms with Crippen LogP contribution in [0.25, 0.3) is 28.3 Å². The molecule has 0 bridgehead atoms. The number of pyridine rings is 1. The molecule has 0 fully saturated rings. The summed E-state index contributed by atoms with van der Waals surface area (Å²) < 4.78 is 43.8. The highest BCUT2D eigenvalue weighted by molar-refractivity contribution is 5.90. The van der Waals surface area contributed by atoms with Crippen molar-refractivity contribution in [3.8, 4) is 28.5 Å². The van der Waals surface area contributed by atoms with Gasteiger partial charge in [0.25, 0.3) is 0 Å². The number of hydrogen-bond acceptors (Lipinski definition) is 5. The summed E-state index contributed by atoms with van der Waals surface area (Å²) >= 11 is 0. The predicted octanol–water partition coefficient (Wildman–Crippen LogP) is 4.15. The molecule has 0 radical (unpaired) electrons. The molecule has 2 N–H and O–H groups in total. The molecule has 3 aromatic heterocycles. The Bertz CT molecular complexity index is 1270. The standard InChI is InChI=1S/C21H17F3N6O2/c1-32-18-5-7-25-19(29-18)14-6-8-30-16(11-26-17(30)10-14)13-3-2-4-15(9-13)28-20(31)27-12-21(22,23)24/h2-11H,12H2,1H3,(H2,27,28,31). The summed E-state index contributed by atoms with van der Waals surface area (Å²) in [6, 6.07) is 11.1. The smallest absolute Gasteiger partial charge is 0.405 e. The molecular formula is C21H17F3N6O2. The van der Waals surface area contributed by atoms with E-state index in [9.17, 15) is 18.0 Å². The minimum atomic E-state index is -4.48. The van der Waals surface area contributed by atoms with E-state index in [0.717, 1.165) is 16.8 Å². The van der Waals surface area contributed by atoms with Crippen LogP contribution in [0.2, 0.25) is 0 Å². The number of hydrogen-bond donors (Lipinski definition) is 2. The second-order valence-electron chi connectivity index (χ2n) is 6.71. The fourth-order valence-electron chi connectivity index (χ4n) is 3.04. The summed E-state index contributed by atoms with van der Waals surface area (Å²) in [7, 11) is 1.53. The molecule has 0 aliphatic carbocycles. The predicted molar refractivity (Wildman–Crippen MR) is 111 cm³/mol. The maximum absolute atomic E-state index is 12.3. The Kier molecular flexibility index (Phi) is 5.63. The fraction of sp³-hybridized carbons (Fsp3) is 0.143. The Morgan fingerprint density at radius 2 is 1.97 bits per heavy atom. The lowest BCUT2D eigenvalue weighted by molar-refractivity contribution is -0.122. The number of alkyl halides is 3. The molecule has 164 valence electrons. The van der Waals surface area contributed by atoms with Crippen LogP contribution in [0.3, 0.4) is 0 Å². The maximum Gasteiger partial charge on any atom is 0.405 e. The third-order valence-corrected chi connectivity index (χ3v) is 4.48. The van der Waals surface area contributed by atoms with Gasteiger partial charge in [0.05, 0.1) is 19.0 Å². The van der Waals surface area contributed by atoms with Crippen molar-refractivity contribution >= 4 is 17.4 Å². The van der Waals surface area contributed by atoms with Crippen molar-refractivity contribution in [2.24, 2.45) is 0 Å². The first kappa shape index (κ1) is 21.1. The number of rotatable bonds is 5. The lowest BCUT2D eigenvalue weighted by Crippen LogP contribution is -2.36. The van der Waals surface area contributed by atoms with Crippen molar-refractivity contribution in [2.45, 2.75) is 6.18 Å². The van der Waals surface area contributed by atoms with Crippen LogP contribution in [0.4, 0.5) is 23.7 Å². The van der Waals surface area contributed by atoms with Crippen LogP contribution in [-0.4, -0.2) is 45.2 Å². The van der Waals surface area contributed by atoms with E-state index in [2.05, 4.69) is 20.3 Å². The number of anilines is 1. The molecule has 4 aromatic rings. The average molecular weight is 442 g/mol. The van der Waals surface area contributed by atoms with E-state index in [-0.39, 0.29) is 0 Å². The summed E-state index contributed by atoms with van der Waals surface area (Å²) in [6.07, 6.45) is 0.594. The highest BCUT2D eigenvalue weighted by Gasteiger charge is 2.27. The largest absolute Gasteiger partial charge is 0.481 e. The minimum absolute atomic E-state index is 0.346. The van der Waals surface area contributed by atoms with Gasteiger partial charge in [-0.1, -0.05) is 12.1 Å². The number of urea groups is 1. The molecule has 32 heavy (non-hydrogen) atoms. The van der Waals surface area contributed by atoms with Crippen molar-refractivity contribution in [3.63, 3.8) is 0 Å². The molecule has 2 amide bonds. The second-order valence-corrected chi connectivity index (χ2v) is 6.71. The normalized spacial score (nSPS) is 11.4. The Morgan fingerprint density at radius 3 is 2.75 bits per heavy atom. The first-order chi connectivity index (χ1) is 15.3. The number of nitrogens with zero attached hydrogens (tertiary/aromatic N) is 4. The van der Waals surface area contributed by atoms with Crippen molar-refractivity contribution in [1.29, 1.82) is 0 Å². The van der Waals surface area contributed by atoms with E-state index in [1.54, 1.807) is 48.0 Å². The number of ether oxygens (including phenoxy) is 1. The van der Waals surface area contributed by atoms with E-state index in [1.165, 1.54) is 7.11 Å². The van der Waals surface area contributed by atoms with Gasteiger partial charge < -0.3 is 15.4 Å². The number of aromatic nitrogens is 4. The number of carbonyl (C=O) groups excluding carboxylic acids is 1. The molecule has 0 saturated carbocycles. The number of nitrogens with one attached hydrogen (secondary N) is 2. The zero-order chi connectivity index (χ0) is 22.7. The van der Waals surface area contributed by atoms with Gasteiger partial charge in [0.2, 0.25) is 5.88 Å². The molecule has 0 atom stereocenters. The number of fused-ring (bicyclic) bond motifs is 1. The molecule has 1 aromatic carbocycles. The first-order valence-electron chi connectivity index (χ1n) is 9.39. The molecule has 0 unspecified atom stereocenters. The number of amides is 2. The van der Waals surface area contributed by atoms with Gasteiger partial charge in [-0.15, -0.1) is 0 Å². The summed E-state index contributed by atoms with van der Waals surface area (Å²) in [5.41, 5.74) is 3.20. The Balaban J connectivity index is 1.57. The van der Waals surface area contributed by atoms with Crippen molar-refractivity contribution in [1.82, 2.24) is 24.7 Å². The van der Waals surface area contributed by atoms with Crippen LogP contribution in [0.1, 0.15) is 0 Å². The SMILES string of the molecule is COc1ccnc(-c2ccn3c(-c4cccc(NC(=O)NCC(F)(F)F)c4)cnc3c2)n1. The fourth-order valence-corrected chi connectivity index (χ4v) is 3.04. The van der Waals surface area contributed by atoms with Gasteiger partial charge in [0, 0.05) is 35.3 Å².